The maximum atomic E-state index is 14.6. The molecule has 1 aromatic heterocycles. The third kappa shape index (κ3) is 3.41. The number of aromatic nitrogens is 1. The van der Waals surface area contributed by atoms with Gasteiger partial charge in [0, 0.05) is 39.8 Å². The zero-order valence-corrected chi connectivity index (χ0v) is 17.5. The number of fused-ring (bicyclic) bond motifs is 1. The molecule has 0 aliphatic heterocycles. The molecule has 32 heavy (non-hydrogen) atoms. The second kappa shape index (κ2) is 7.92. The van der Waals surface area contributed by atoms with Crippen LogP contribution in [0, 0.1) is 17.0 Å². The molecule has 0 fully saturated rings. The number of nitrogens with one attached hydrogen (secondary N) is 1. The van der Waals surface area contributed by atoms with Gasteiger partial charge in [0.1, 0.15) is 11.6 Å². The summed E-state index contributed by atoms with van der Waals surface area (Å²) in [5.41, 5.74) is 10.1. The van der Waals surface area contributed by atoms with Gasteiger partial charge in [-0.15, -0.1) is 0 Å². The Morgan fingerprint density at radius 1 is 1.09 bits per heavy atom. The van der Waals surface area contributed by atoms with Gasteiger partial charge in [-0.1, -0.05) is 19.9 Å². The van der Waals surface area contributed by atoms with E-state index >= 15 is 0 Å². The van der Waals surface area contributed by atoms with E-state index in [4.69, 9.17) is 11.1 Å². The number of nitrogen functional groups attached to an aromatic ring is 1. The van der Waals surface area contributed by atoms with Crippen molar-refractivity contribution in [2.24, 2.45) is 0 Å². The summed E-state index contributed by atoms with van der Waals surface area (Å²) < 4.78 is 30.2. The van der Waals surface area contributed by atoms with Gasteiger partial charge in [0.15, 0.2) is 0 Å². The van der Waals surface area contributed by atoms with Crippen molar-refractivity contribution in [2.75, 3.05) is 5.73 Å². The summed E-state index contributed by atoms with van der Waals surface area (Å²) in [5.74, 6) is -2.58. The number of aromatic carboxylic acids is 1. The lowest BCUT2D eigenvalue weighted by Gasteiger charge is -2.16. The predicted molar refractivity (Wildman–Crippen MR) is 122 cm³/mol. The first-order valence-electron chi connectivity index (χ1n) is 10.0. The molecule has 4 N–H and O–H groups in total. The van der Waals surface area contributed by atoms with Gasteiger partial charge in [0.2, 0.25) is 0 Å². The van der Waals surface area contributed by atoms with Crippen molar-refractivity contribution < 1.29 is 18.7 Å². The smallest absolute Gasteiger partial charge is 0.338 e. The minimum absolute atomic E-state index is 0.0330. The highest BCUT2D eigenvalue weighted by molar-refractivity contribution is 6.04. The molecule has 1 heterocycles. The Labute approximate surface area is 183 Å². The number of anilines is 1. The van der Waals surface area contributed by atoms with Crippen molar-refractivity contribution in [3.63, 3.8) is 0 Å². The summed E-state index contributed by atoms with van der Waals surface area (Å²) in [6.45, 7) is 3.97. The van der Waals surface area contributed by atoms with Crippen molar-refractivity contribution in [3.05, 3.63) is 83.1 Å². The van der Waals surface area contributed by atoms with E-state index in [2.05, 4.69) is 0 Å². The molecule has 0 saturated heterocycles. The molecule has 0 radical (unpaired) electrons. The molecule has 7 heteroatoms. The standard InChI is InChI=1S/C25H21F2N3O2/c1-13(2)24-23(14-3-8-18(25(31)32)20(27)9-14)19-11-21(29)15(12-28)10-22(19)30(24)17-6-4-16(26)5-7-17/h3-13,28H,29H2,1-2H3,(H,31,32). The van der Waals surface area contributed by atoms with Gasteiger partial charge in [-0.05, 0) is 60.0 Å². The molecule has 3 aromatic carbocycles. The van der Waals surface area contributed by atoms with Crippen molar-refractivity contribution >= 4 is 28.8 Å². The average molecular weight is 433 g/mol. The molecule has 4 aromatic rings. The topological polar surface area (TPSA) is 92.1 Å². The highest BCUT2D eigenvalue weighted by Crippen LogP contribution is 2.42. The lowest BCUT2D eigenvalue weighted by Crippen LogP contribution is -2.04. The van der Waals surface area contributed by atoms with E-state index in [1.54, 1.807) is 30.3 Å². The van der Waals surface area contributed by atoms with Crippen LogP contribution in [0.5, 0.6) is 0 Å². The summed E-state index contributed by atoms with van der Waals surface area (Å²) >= 11 is 0. The zero-order chi connectivity index (χ0) is 23.2. The SMILES string of the molecule is CC(C)c1c(-c2ccc(C(=O)O)c(F)c2)c2cc(N)c(C=N)cc2n1-c1ccc(F)cc1. The number of hydrogen-bond donors (Lipinski definition) is 3. The first-order valence-corrected chi connectivity index (χ1v) is 10.0. The number of nitrogens with two attached hydrogens (primary N) is 1. The van der Waals surface area contributed by atoms with Crippen LogP contribution in [0.4, 0.5) is 14.5 Å². The van der Waals surface area contributed by atoms with Crippen LogP contribution < -0.4 is 5.73 Å². The number of rotatable bonds is 5. The van der Waals surface area contributed by atoms with Gasteiger partial charge < -0.3 is 20.8 Å². The number of halogens is 2. The fourth-order valence-electron chi connectivity index (χ4n) is 4.07. The highest BCUT2D eigenvalue weighted by atomic mass is 19.1. The first kappa shape index (κ1) is 21.2. The van der Waals surface area contributed by atoms with Crippen LogP contribution in [0.1, 0.15) is 41.4 Å². The molecular weight excluding hydrogens is 412 g/mol. The van der Waals surface area contributed by atoms with Crippen LogP contribution in [0.2, 0.25) is 0 Å². The van der Waals surface area contributed by atoms with E-state index in [1.807, 2.05) is 18.4 Å². The molecule has 4 rings (SSSR count). The van der Waals surface area contributed by atoms with E-state index in [0.29, 0.717) is 28.1 Å². The van der Waals surface area contributed by atoms with E-state index in [1.165, 1.54) is 24.3 Å². The molecule has 0 spiro atoms. The van der Waals surface area contributed by atoms with Crippen molar-refractivity contribution in [1.29, 1.82) is 5.41 Å². The lowest BCUT2D eigenvalue weighted by molar-refractivity contribution is 0.0692. The maximum Gasteiger partial charge on any atom is 0.338 e. The highest BCUT2D eigenvalue weighted by Gasteiger charge is 2.24. The largest absolute Gasteiger partial charge is 0.478 e. The van der Waals surface area contributed by atoms with Crippen LogP contribution in [-0.4, -0.2) is 21.9 Å². The predicted octanol–water partition coefficient (Wildman–Crippen LogP) is 5.98. The fraction of sp³-hybridized carbons (Fsp3) is 0.120. The van der Waals surface area contributed by atoms with Gasteiger partial charge in [-0.2, -0.15) is 0 Å². The van der Waals surface area contributed by atoms with Crippen molar-refractivity contribution in [1.82, 2.24) is 4.57 Å². The number of nitrogens with zero attached hydrogens (tertiary/aromatic N) is 1. The third-order valence-corrected chi connectivity index (χ3v) is 5.48. The fourth-order valence-corrected chi connectivity index (χ4v) is 4.07. The summed E-state index contributed by atoms with van der Waals surface area (Å²) in [5, 5.41) is 17.6. The number of carboxylic acid groups (broad SMARTS) is 1. The lowest BCUT2D eigenvalue weighted by atomic mass is 9.95. The minimum Gasteiger partial charge on any atom is -0.478 e. The summed E-state index contributed by atoms with van der Waals surface area (Å²) in [6.07, 6.45) is 1.16. The summed E-state index contributed by atoms with van der Waals surface area (Å²) in [7, 11) is 0. The molecule has 0 atom stereocenters. The molecule has 0 bridgehead atoms. The Hall–Kier alpha value is -4.00. The monoisotopic (exact) mass is 433 g/mol. The number of hydrogen-bond acceptors (Lipinski definition) is 3. The van der Waals surface area contributed by atoms with Gasteiger partial charge in [0.05, 0.1) is 11.1 Å². The van der Waals surface area contributed by atoms with E-state index in [9.17, 15) is 18.7 Å². The molecule has 0 amide bonds. The van der Waals surface area contributed by atoms with E-state index in [-0.39, 0.29) is 11.7 Å². The molecule has 5 nitrogen and oxygen atoms in total. The Morgan fingerprint density at radius 3 is 2.34 bits per heavy atom. The third-order valence-electron chi connectivity index (χ3n) is 5.48. The van der Waals surface area contributed by atoms with Gasteiger partial charge >= 0.3 is 5.97 Å². The van der Waals surface area contributed by atoms with Crippen molar-refractivity contribution in [2.45, 2.75) is 19.8 Å². The van der Waals surface area contributed by atoms with Gasteiger partial charge in [-0.3, -0.25) is 0 Å². The van der Waals surface area contributed by atoms with E-state index < -0.39 is 17.3 Å². The van der Waals surface area contributed by atoms with Crippen molar-refractivity contribution in [3.8, 4) is 16.8 Å². The van der Waals surface area contributed by atoms with Crippen LogP contribution >= 0.6 is 0 Å². The Morgan fingerprint density at radius 2 is 1.78 bits per heavy atom. The second-order valence-electron chi connectivity index (χ2n) is 7.87. The molecule has 0 aliphatic rings. The Balaban J connectivity index is 2.15. The quantitative estimate of drug-likeness (QED) is 0.267. The summed E-state index contributed by atoms with van der Waals surface area (Å²) in [4.78, 5) is 11.3. The minimum atomic E-state index is -1.34. The molecular formula is C25H21F2N3O2. The van der Waals surface area contributed by atoms with E-state index in [0.717, 1.165) is 22.8 Å². The summed E-state index contributed by atoms with van der Waals surface area (Å²) in [6, 6.07) is 13.6. The van der Waals surface area contributed by atoms with Crippen LogP contribution in [0.25, 0.3) is 27.7 Å². The van der Waals surface area contributed by atoms with Crippen LogP contribution in [0.15, 0.2) is 54.6 Å². The van der Waals surface area contributed by atoms with Gasteiger partial charge in [0.25, 0.3) is 0 Å². The van der Waals surface area contributed by atoms with Gasteiger partial charge in [-0.25, -0.2) is 13.6 Å². The second-order valence-corrected chi connectivity index (χ2v) is 7.87. The van der Waals surface area contributed by atoms with Crippen LogP contribution in [-0.2, 0) is 0 Å². The first-order chi connectivity index (χ1) is 15.2. The molecule has 0 unspecified atom stereocenters. The average Bonchev–Trinajstić information content (AvgIpc) is 3.07. The Bertz CT molecular complexity index is 1370. The Kier molecular flexibility index (Phi) is 5.26. The van der Waals surface area contributed by atoms with Crippen LogP contribution in [0.3, 0.4) is 0 Å². The number of carbonyl (C=O) groups is 1. The number of benzene rings is 3. The molecule has 0 aliphatic carbocycles. The maximum absolute atomic E-state index is 14.6. The normalized spacial score (nSPS) is 11.3. The zero-order valence-electron chi connectivity index (χ0n) is 17.5. The number of carboxylic acids is 1. The molecule has 0 saturated carbocycles. The molecule has 162 valence electrons.